The van der Waals surface area contributed by atoms with Crippen molar-refractivity contribution in [3.63, 3.8) is 0 Å². The Morgan fingerprint density at radius 1 is 1.21 bits per heavy atom. The minimum atomic E-state index is -3.25. The monoisotopic (exact) mass is 297 g/mol. The topological polar surface area (TPSA) is 67.3 Å². The van der Waals surface area contributed by atoms with E-state index in [0.29, 0.717) is 12.1 Å². The predicted molar refractivity (Wildman–Crippen MR) is 75.9 cm³/mol. The van der Waals surface area contributed by atoms with E-state index in [2.05, 4.69) is 4.98 Å². The number of aromatic nitrogens is 1. The summed E-state index contributed by atoms with van der Waals surface area (Å²) in [4.78, 5) is 4.33. The van der Waals surface area contributed by atoms with Crippen molar-refractivity contribution in [2.24, 2.45) is 0 Å². The molecule has 1 heterocycles. The van der Waals surface area contributed by atoms with Crippen molar-refractivity contribution in [2.45, 2.75) is 12.2 Å². The summed E-state index contributed by atoms with van der Waals surface area (Å²) in [5, 5.41) is 11.4. The minimum absolute atomic E-state index is 0.0984. The third kappa shape index (κ3) is 4.41. The molecule has 0 aliphatic carbocycles. The number of hydrogen-bond acceptors (Lipinski definition) is 5. The Labute approximate surface area is 116 Å². The first kappa shape index (κ1) is 14.2. The van der Waals surface area contributed by atoms with Gasteiger partial charge in [-0.1, -0.05) is 30.3 Å². The number of aliphatic hydroxyl groups excluding tert-OH is 1. The van der Waals surface area contributed by atoms with Gasteiger partial charge >= 0.3 is 0 Å². The third-order valence-electron chi connectivity index (χ3n) is 2.57. The molecule has 6 heteroatoms. The number of nitrogens with zero attached hydrogens (tertiary/aromatic N) is 1. The average molecular weight is 297 g/mol. The molecule has 0 saturated carbocycles. The zero-order chi connectivity index (χ0) is 13.7. The molecule has 1 aromatic carbocycles. The highest BCUT2D eigenvalue weighted by Gasteiger charge is 2.13. The first-order chi connectivity index (χ1) is 9.09. The van der Waals surface area contributed by atoms with Crippen LogP contribution in [0, 0.1) is 0 Å². The second kappa shape index (κ2) is 6.27. The lowest BCUT2D eigenvalue weighted by Crippen LogP contribution is -2.12. The highest BCUT2D eigenvalue weighted by Crippen LogP contribution is 2.16. The summed E-state index contributed by atoms with van der Waals surface area (Å²) in [6.45, 7) is -0.344. The maximum atomic E-state index is 11.6. The summed E-state index contributed by atoms with van der Waals surface area (Å²) in [6, 6.07) is 9.93. The van der Waals surface area contributed by atoms with Gasteiger partial charge in [-0.15, -0.1) is 11.3 Å². The maximum Gasteiger partial charge on any atom is 0.158 e. The second-order valence-electron chi connectivity index (χ2n) is 4.21. The molecule has 0 fully saturated rings. The van der Waals surface area contributed by atoms with Crippen molar-refractivity contribution in [3.05, 3.63) is 52.0 Å². The van der Waals surface area contributed by atoms with Gasteiger partial charge in [-0.25, -0.2) is 13.4 Å². The molecule has 4 nitrogen and oxygen atoms in total. The molecule has 0 bridgehead atoms. The predicted octanol–water partition coefficient (Wildman–Crippen LogP) is 1.64. The summed E-state index contributed by atoms with van der Waals surface area (Å²) >= 11 is 1.47. The quantitative estimate of drug-likeness (QED) is 0.880. The van der Waals surface area contributed by atoms with Crippen molar-refractivity contribution >= 4 is 21.2 Å². The number of rotatable bonds is 6. The molecule has 1 aromatic heterocycles. The Kier molecular flexibility index (Phi) is 4.68. The molecule has 19 heavy (non-hydrogen) atoms. The van der Waals surface area contributed by atoms with E-state index in [1.165, 1.54) is 11.3 Å². The van der Waals surface area contributed by atoms with Gasteiger partial charge in [0.25, 0.3) is 0 Å². The van der Waals surface area contributed by atoms with Gasteiger partial charge in [-0.3, -0.25) is 0 Å². The van der Waals surface area contributed by atoms with Gasteiger partial charge in [0, 0.05) is 11.8 Å². The van der Waals surface area contributed by atoms with Crippen molar-refractivity contribution in [2.75, 3.05) is 12.4 Å². The zero-order valence-electron chi connectivity index (χ0n) is 10.3. The van der Waals surface area contributed by atoms with E-state index < -0.39 is 9.84 Å². The highest BCUT2D eigenvalue weighted by atomic mass is 32.2. The molecule has 0 radical (unpaired) electrons. The Hall–Kier alpha value is -1.24. The van der Waals surface area contributed by atoms with Crippen LogP contribution in [0.25, 0.3) is 0 Å². The van der Waals surface area contributed by atoms with E-state index in [4.69, 9.17) is 5.11 Å². The fourth-order valence-corrected chi connectivity index (χ4v) is 3.66. The lowest BCUT2D eigenvalue weighted by Gasteiger charge is -1.99. The average Bonchev–Trinajstić information content (AvgIpc) is 2.76. The lowest BCUT2D eigenvalue weighted by molar-refractivity contribution is 0.319. The van der Waals surface area contributed by atoms with Crippen LogP contribution in [0.1, 0.15) is 16.3 Å². The fourth-order valence-electron chi connectivity index (χ4n) is 1.70. The molecule has 0 amide bonds. The van der Waals surface area contributed by atoms with Crippen molar-refractivity contribution < 1.29 is 13.5 Å². The minimum Gasteiger partial charge on any atom is -0.395 e. The Bertz CT molecular complexity index is 620. The molecule has 0 aliphatic rings. The van der Waals surface area contributed by atoms with Crippen LogP contribution < -0.4 is 0 Å². The standard InChI is InChI=1S/C13H15NO3S2/c15-6-7-19(16,17)10-12-9-18-13(14-12)8-11-4-2-1-3-5-11/h1-5,9,15H,6-8,10H2. The van der Waals surface area contributed by atoms with Crippen molar-refractivity contribution in [3.8, 4) is 0 Å². The van der Waals surface area contributed by atoms with E-state index >= 15 is 0 Å². The number of hydrogen-bond donors (Lipinski definition) is 1. The zero-order valence-corrected chi connectivity index (χ0v) is 12.0. The third-order valence-corrected chi connectivity index (χ3v) is 5.01. The van der Waals surface area contributed by atoms with Crippen LogP contribution in [0.2, 0.25) is 0 Å². The second-order valence-corrected chi connectivity index (χ2v) is 7.34. The molecule has 0 unspecified atom stereocenters. The SMILES string of the molecule is O=S(=O)(CCO)Cc1csc(Cc2ccccc2)n1. The normalized spacial score (nSPS) is 11.6. The highest BCUT2D eigenvalue weighted by molar-refractivity contribution is 7.90. The lowest BCUT2D eigenvalue weighted by atomic mass is 10.2. The molecular formula is C13H15NO3S2. The van der Waals surface area contributed by atoms with Gasteiger partial charge < -0.3 is 5.11 Å². The van der Waals surface area contributed by atoms with E-state index in [1.54, 1.807) is 5.38 Å². The fraction of sp³-hybridized carbons (Fsp3) is 0.308. The summed E-state index contributed by atoms with van der Waals surface area (Å²) in [7, 11) is -3.25. The van der Waals surface area contributed by atoms with Crippen LogP contribution in [0.3, 0.4) is 0 Å². The van der Waals surface area contributed by atoms with Crippen LogP contribution in [0.15, 0.2) is 35.7 Å². The molecule has 1 N–H and O–H groups in total. The largest absolute Gasteiger partial charge is 0.395 e. The number of benzene rings is 1. The smallest absolute Gasteiger partial charge is 0.158 e. The van der Waals surface area contributed by atoms with Gasteiger partial charge in [-0.05, 0) is 5.56 Å². The molecule has 0 saturated heterocycles. The first-order valence-corrected chi connectivity index (χ1v) is 8.57. The van der Waals surface area contributed by atoms with E-state index in [-0.39, 0.29) is 18.1 Å². The van der Waals surface area contributed by atoms with Gasteiger partial charge in [0.1, 0.15) is 0 Å². The first-order valence-electron chi connectivity index (χ1n) is 5.87. The Morgan fingerprint density at radius 2 is 1.95 bits per heavy atom. The summed E-state index contributed by atoms with van der Waals surface area (Å²) in [5.41, 5.74) is 1.71. The molecule has 0 aliphatic heterocycles. The van der Waals surface area contributed by atoms with Gasteiger partial charge in [0.05, 0.1) is 28.8 Å². The molecule has 102 valence electrons. The van der Waals surface area contributed by atoms with Gasteiger partial charge in [0.2, 0.25) is 0 Å². The molecular weight excluding hydrogens is 282 g/mol. The summed E-state index contributed by atoms with van der Waals surface area (Å²) in [6.07, 6.45) is 0.714. The number of sulfone groups is 1. The number of aliphatic hydroxyl groups is 1. The molecule has 0 atom stereocenters. The van der Waals surface area contributed by atoms with Crippen LogP contribution >= 0.6 is 11.3 Å². The van der Waals surface area contributed by atoms with Crippen LogP contribution in [0.5, 0.6) is 0 Å². The summed E-state index contributed by atoms with van der Waals surface area (Å²) in [5.74, 6) is -0.308. The number of thiazole rings is 1. The maximum absolute atomic E-state index is 11.6. The molecule has 0 spiro atoms. The van der Waals surface area contributed by atoms with Crippen molar-refractivity contribution in [1.82, 2.24) is 4.98 Å². The van der Waals surface area contributed by atoms with Gasteiger partial charge in [0.15, 0.2) is 9.84 Å². The van der Waals surface area contributed by atoms with Crippen LogP contribution in [-0.2, 0) is 22.0 Å². The van der Waals surface area contributed by atoms with E-state index in [0.717, 1.165) is 10.6 Å². The molecule has 2 aromatic rings. The van der Waals surface area contributed by atoms with Gasteiger partial charge in [-0.2, -0.15) is 0 Å². The van der Waals surface area contributed by atoms with Crippen LogP contribution in [0.4, 0.5) is 0 Å². The Morgan fingerprint density at radius 3 is 2.63 bits per heavy atom. The van der Waals surface area contributed by atoms with Crippen LogP contribution in [-0.4, -0.2) is 30.9 Å². The van der Waals surface area contributed by atoms with E-state index in [1.807, 2.05) is 30.3 Å². The molecule has 2 rings (SSSR count). The Balaban J connectivity index is 2.04. The van der Waals surface area contributed by atoms with E-state index in [9.17, 15) is 8.42 Å². The summed E-state index contributed by atoms with van der Waals surface area (Å²) < 4.78 is 23.1. The van der Waals surface area contributed by atoms with Crippen molar-refractivity contribution in [1.29, 1.82) is 0 Å².